The van der Waals surface area contributed by atoms with Crippen molar-refractivity contribution in [2.45, 2.75) is 77.8 Å². The van der Waals surface area contributed by atoms with E-state index in [9.17, 15) is 9.59 Å². The lowest BCUT2D eigenvalue weighted by molar-refractivity contribution is -0.149. The standard InChI is InChI=1S/C17H30N2O2/c1-4-6-13-7-9-14(10-8-13)19-11-15(20)18-16(17(19)21)12(3)5-2/h12-14,16H,4-11H2,1-3H3,(H,18,20). The summed E-state index contributed by atoms with van der Waals surface area (Å²) in [7, 11) is 0. The Morgan fingerprint density at radius 3 is 2.43 bits per heavy atom. The topological polar surface area (TPSA) is 49.4 Å². The van der Waals surface area contributed by atoms with E-state index < -0.39 is 0 Å². The number of amides is 2. The van der Waals surface area contributed by atoms with Gasteiger partial charge in [0, 0.05) is 6.04 Å². The number of piperazine rings is 1. The maximum Gasteiger partial charge on any atom is 0.246 e. The van der Waals surface area contributed by atoms with Crippen LogP contribution < -0.4 is 5.32 Å². The molecule has 2 amide bonds. The minimum absolute atomic E-state index is 0.00980. The monoisotopic (exact) mass is 294 g/mol. The third kappa shape index (κ3) is 3.78. The van der Waals surface area contributed by atoms with E-state index in [1.807, 2.05) is 11.8 Å². The average Bonchev–Trinajstić information content (AvgIpc) is 2.49. The Kier molecular flexibility index (Phi) is 5.65. The molecule has 1 N–H and O–H groups in total. The van der Waals surface area contributed by atoms with Gasteiger partial charge in [-0.15, -0.1) is 0 Å². The molecule has 4 heteroatoms. The van der Waals surface area contributed by atoms with Crippen LogP contribution in [0.4, 0.5) is 0 Å². The third-order valence-electron chi connectivity index (χ3n) is 5.35. The van der Waals surface area contributed by atoms with Gasteiger partial charge in [-0.1, -0.05) is 40.0 Å². The molecular formula is C17H30N2O2. The quantitative estimate of drug-likeness (QED) is 0.847. The Morgan fingerprint density at radius 2 is 1.86 bits per heavy atom. The van der Waals surface area contributed by atoms with Crippen LogP contribution in [0.15, 0.2) is 0 Å². The highest BCUT2D eigenvalue weighted by Gasteiger charge is 2.39. The molecule has 21 heavy (non-hydrogen) atoms. The molecule has 2 rings (SSSR count). The average molecular weight is 294 g/mol. The summed E-state index contributed by atoms with van der Waals surface area (Å²) in [4.78, 5) is 26.5. The van der Waals surface area contributed by atoms with Crippen LogP contribution in [-0.2, 0) is 9.59 Å². The van der Waals surface area contributed by atoms with Crippen LogP contribution in [0, 0.1) is 11.8 Å². The Bertz CT molecular complexity index is 375. The van der Waals surface area contributed by atoms with E-state index in [1.54, 1.807) is 0 Å². The van der Waals surface area contributed by atoms with E-state index in [1.165, 1.54) is 25.7 Å². The largest absolute Gasteiger partial charge is 0.342 e. The molecule has 0 aromatic heterocycles. The molecule has 1 saturated carbocycles. The van der Waals surface area contributed by atoms with Gasteiger partial charge in [-0.3, -0.25) is 9.59 Å². The summed E-state index contributed by atoms with van der Waals surface area (Å²) in [6.07, 6.45) is 8.00. The van der Waals surface area contributed by atoms with Gasteiger partial charge >= 0.3 is 0 Å². The minimum Gasteiger partial charge on any atom is -0.342 e. The van der Waals surface area contributed by atoms with E-state index >= 15 is 0 Å². The number of rotatable bonds is 5. The highest BCUT2D eigenvalue weighted by Crippen LogP contribution is 2.31. The summed E-state index contributed by atoms with van der Waals surface area (Å²) in [6, 6.07) is -0.0344. The molecule has 4 nitrogen and oxygen atoms in total. The van der Waals surface area contributed by atoms with E-state index in [-0.39, 0.29) is 36.4 Å². The molecule has 1 heterocycles. The summed E-state index contributed by atoms with van der Waals surface area (Å²) >= 11 is 0. The predicted molar refractivity (Wildman–Crippen MR) is 83.8 cm³/mol. The zero-order chi connectivity index (χ0) is 15.4. The first-order valence-electron chi connectivity index (χ1n) is 8.66. The second-order valence-corrected chi connectivity index (χ2v) is 6.86. The first kappa shape index (κ1) is 16.3. The van der Waals surface area contributed by atoms with Gasteiger partial charge in [0.05, 0.1) is 6.54 Å². The molecule has 1 saturated heterocycles. The molecule has 0 bridgehead atoms. The fourth-order valence-electron chi connectivity index (χ4n) is 3.78. The van der Waals surface area contributed by atoms with E-state index in [2.05, 4.69) is 19.2 Å². The Labute approximate surface area is 128 Å². The molecule has 0 aromatic carbocycles. The van der Waals surface area contributed by atoms with Crippen molar-refractivity contribution in [1.29, 1.82) is 0 Å². The summed E-state index contributed by atoms with van der Waals surface area (Å²) < 4.78 is 0. The number of hydrogen-bond donors (Lipinski definition) is 1. The van der Waals surface area contributed by atoms with Gasteiger partial charge < -0.3 is 10.2 Å². The first-order chi connectivity index (χ1) is 10.1. The van der Waals surface area contributed by atoms with Crippen molar-refractivity contribution in [3.8, 4) is 0 Å². The number of carbonyl (C=O) groups excluding carboxylic acids is 2. The van der Waals surface area contributed by atoms with Crippen LogP contribution in [-0.4, -0.2) is 35.3 Å². The van der Waals surface area contributed by atoms with E-state index in [4.69, 9.17) is 0 Å². The van der Waals surface area contributed by atoms with Gasteiger partial charge in [0.15, 0.2) is 0 Å². The maximum absolute atomic E-state index is 12.7. The van der Waals surface area contributed by atoms with Gasteiger partial charge in [-0.2, -0.15) is 0 Å². The van der Waals surface area contributed by atoms with Crippen molar-refractivity contribution in [2.75, 3.05) is 6.54 Å². The number of nitrogens with zero attached hydrogens (tertiary/aromatic N) is 1. The van der Waals surface area contributed by atoms with Crippen LogP contribution in [0.25, 0.3) is 0 Å². The summed E-state index contributed by atoms with van der Waals surface area (Å²) in [5.41, 5.74) is 0. The fourth-order valence-corrected chi connectivity index (χ4v) is 3.78. The van der Waals surface area contributed by atoms with Crippen molar-refractivity contribution in [1.82, 2.24) is 10.2 Å². The predicted octanol–water partition coefficient (Wildman–Crippen LogP) is 2.72. The summed E-state index contributed by atoms with van der Waals surface area (Å²) in [5.74, 6) is 1.18. The molecule has 1 aliphatic carbocycles. The van der Waals surface area contributed by atoms with Gasteiger partial charge in [-0.25, -0.2) is 0 Å². The van der Waals surface area contributed by atoms with Crippen molar-refractivity contribution in [2.24, 2.45) is 11.8 Å². The summed E-state index contributed by atoms with van der Waals surface area (Å²) in [5, 5.41) is 2.88. The molecular weight excluding hydrogens is 264 g/mol. The zero-order valence-electron chi connectivity index (χ0n) is 13.7. The third-order valence-corrected chi connectivity index (χ3v) is 5.35. The molecule has 2 aliphatic rings. The van der Waals surface area contributed by atoms with Gasteiger partial charge in [0.2, 0.25) is 11.8 Å². The number of nitrogens with one attached hydrogen (secondary N) is 1. The van der Waals surface area contributed by atoms with Crippen LogP contribution in [0.5, 0.6) is 0 Å². The second kappa shape index (κ2) is 7.28. The van der Waals surface area contributed by atoms with Crippen molar-refractivity contribution in [3.63, 3.8) is 0 Å². The molecule has 0 spiro atoms. The van der Waals surface area contributed by atoms with E-state index in [0.29, 0.717) is 0 Å². The van der Waals surface area contributed by atoms with E-state index in [0.717, 1.165) is 25.2 Å². The lowest BCUT2D eigenvalue weighted by atomic mass is 9.82. The van der Waals surface area contributed by atoms with Gasteiger partial charge in [0.1, 0.15) is 6.04 Å². The normalized spacial score (nSPS) is 32.0. The lowest BCUT2D eigenvalue weighted by Crippen LogP contribution is -2.62. The fraction of sp³-hybridized carbons (Fsp3) is 0.882. The zero-order valence-corrected chi connectivity index (χ0v) is 13.7. The van der Waals surface area contributed by atoms with Crippen LogP contribution in [0.1, 0.15) is 65.7 Å². The molecule has 2 atom stereocenters. The van der Waals surface area contributed by atoms with Gasteiger partial charge in [-0.05, 0) is 37.5 Å². The van der Waals surface area contributed by atoms with Crippen molar-refractivity contribution in [3.05, 3.63) is 0 Å². The molecule has 2 unspecified atom stereocenters. The Balaban J connectivity index is 1.98. The first-order valence-corrected chi connectivity index (χ1v) is 8.66. The Morgan fingerprint density at radius 1 is 1.19 bits per heavy atom. The smallest absolute Gasteiger partial charge is 0.246 e. The lowest BCUT2D eigenvalue weighted by Gasteiger charge is -2.42. The van der Waals surface area contributed by atoms with Gasteiger partial charge in [0.25, 0.3) is 0 Å². The molecule has 0 radical (unpaired) electrons. The number of carbonyl (C=O) groups is 2. The maximum atomic E-state index is 12.7. The van der Waals surface area contributed by atoms with Crippen LogP contribution >= 0.6 is 0 Å². The Hall–Kier alpha value is -1.06. The highest BCUT2D eigenvalue weighted by atomic mass is 16.2. The molecule has 2 fully saturated rings. The highest BCUT2D eigenvalue weighted by molar-refractivity contribution is 5.95. The van der Waals surface area contributed by atoms with Crippen molar-refractivity contribution >= 4 is 11.8 Å². The molecule has 1 aliphatic heterocycles. The minimum atomic E-state index is -0.315. The molecule has 120 valence electrons. The van der Waals surface area contributed by atoms with Crippen LogP contribution in [0.2, 0.25) is 0 Å². The van der Waals surface area contributed by atoms with Crippen LogP contribution in [0.3, 0.4) is 0 Å². The van der Waals surface area contributed by atoms with Crippen molar-refractivity contribution < 1.29 is 9.59 Å². The summed E-state index contributed by atoms with van der Waals surface area (Å²) in [6.45, 7) is 6.61. The molecule has 0 aromatic rings. The number of hydrogen-bond acceptors (Lipinski definition) is 2. The SMILES string of the molecule is CCCC1CCC(N2CC(=O)NC(C(C)CC)C2=O)CC1. The second-order valence-electron chi connectivity index (χ2n) is 6.86.